The first-order valence-corrected chi connectivity index (χ1v) is 8.52. The van der Waals surface area contributed by atoms with E-state index in [2.05, 4.69) is 10.6 Å². The minimum absolute atomic E-state index is 0. The molecule has 0 aliphatic carbocycles. The number of likely N-dealkylation sites (N-methyl/N-ethyl adjacent to an activating group) is 1. The standard InChI is InChI=1S/C16H21Cl2N3O2.ClH/c1-2-21(16(23)11-5-4-8-19-9-11)10-14(22)20-15-12(17)6-3-7-13(15)18;/h3,6-7,11,19H,2,4-5,8-10H2,1H3,(H,20,22);1H. The maximum absolute atomic E-state index is 12.5. The number of hydrogen-bond acceptors (Lipinski definition) is 3. The summed E-state index contributed by atoms with van der Waals surface area (Å²) in [7, 11) is 0. The van der Waals surface area contributed by atoms with Crippen LogP contribution in [0.5, 0.6) is 0 Å². The van der Waals surface area contributed by atoms with Gasteiger partial charge in [-0.05, 0) is 38.4 Å². The third kappa shape index (κ3) is 5.52. The summed E-state index contributed by atoms with van der Waals surface area (Å²) in [6.07, 6.45) is 1.84. The molecule has 0 aromatic heterocycles. The molecule has 1 aromatic rings. The number of amides is 2. The van der Waals surface area contributed by atoms with E-state index in [0.29, 0.717) is 28.8 Å². The van der Waals surface area contributed by atoms with Crippen molar-refractivity contribution in [1.29, 1.82) is 0 Å². The predicted molar refractivity (Wildman–Crippen MR) is 100 cm³/mol. The van der Waals surface area contributed by atoms with Gasteiger partial charge in [-0.1, -0.05) is 29.3 Å². The zero-order chi connectivity index (χ0) is 16.8. The van der Waals surface area contributed by atoms with Crippen LogP contribution < -0.4 is 10.6 Å². The van der Waals surface area contributed by atoms with Crippen LogP contribution >= 0.6 is 35.6 Å². The summed E-state index contributed by atoms with van der Waals surface area (Å²) in [6.45, 7) is 3.96. The minimum Gasteiger partial charge on any atom is -0.333 e. The Morgan fingerprint density at radius 1 is 1.33 bits per heavy atom. The summed E-state index contributed by atoms with van der Waals surface area (Å²) >= 11 is 12.1. The lowest BCUT2D eigenvalue weighted by atomic mass is 9.98. The van der Waals surface area contributed by atoms with Crippen LogP contribution in [0.15, 0.2) is 18.2 Å². The van der Waals surface area contributed by atoms with Gasteiger partial charge in [0.1, 0.15) is 0 Å². The highest BCUT2D eigenvalue weighted by Gasteiger charge is 2.26. The predicted octanol–water partition coefficient (Wildman–Crippen LogP) is 3.20. The van der Waals surface area contributed by atoms with Crippen molar-refractivity contribution in [1.82, 2.24) is 10.2 Å². The molecule has 1 atom stereocenters. The molecule has 1 aliphatic heterocycles. The van der Waals surface area contributed by atoms with Crippen LogP contribution in [0.3, 0.4) is 0 Å². The number of anilines is 1. The highest BCUT2D eigenvalue weighted by atomic mass is 35.5. The molecule has 1 aromatic carbocycles. The Hall–Kier alpha value is -1.01. The first-order chi connectivity index (χ1) is 11.0. The summed E-state index contributed by atoms with van der Waals surface area (Å²) in [6, 6.07) is 5.01. The smallest absolute Gasteiger partial charge is 0.244 e. The molecule has 1 saturated heterocycles. The molecule has 2 N–H and O–H groups in total. The second-order valence-electron chi connectivity index (χ2n) is 5.54. The molecule has 0 radical (unpaired) electrons. The number of nitrogens with one attached hydrogen (secondary N) is 2. The maximum Gasteiger partial charge on any atom is 0.244 e. The molecule has 1 fully saturated rings. The second kappa shape index (κ2) is 10.1. The van der Waals surface area contributed by atoms with Crippen LogP contribution in [0.1, 0.15) is 19.8 Å². The van der Waals surface area contributed by atoms with E-state index in [4.69, 9.17) is 23.2 Å². The SMILES string of the molecule is CCN(CC(=O)Nc1c(Cl)cccc1Cl)C(=O)C1CCCNC1.Cl. The molecule has 2 amide bonds. The maximum atomic E-state index is 12.5. The Morgan fingerprint density at radius 2 is 2.00 bits per heavy atom. The molecule has 1 heterocycles. The summed E-state index contributed by atoms with van der Waals surface area (Å²) in [4.78, 5) is 26.3. The molecular weight excluding hydrogens is 373 g/mol. The van der Waals surface area contributed by atoms with Gasteiger partial charge in [0.05, 0.1) is 28.2 Å². The average molecular weight is 395 g/mol. The summed E-state index contributed by atoms with van der Waals surface area (Å²) < 4.78 is 0. The van der Waals surface area contributed by atoms with Crippen molar-refractivity contribution in [3.63, 3.8) is 0 Å². The van der Waals surface area contributed by atoms with Gasteiger partial charge in [0.25, 0.3) is 0 Å². The summed E-state index contributed by atoms with van der Waals surface area (Å²) in [5.41, 5.74) is 0.378. The summed E-state index contributed by atoms with van der Waals surface area (Å²) in [5, 5.41) is 6.65. The van der Waals surface area contributed by atoms with Gasteiger partial charge in [0, 0.05) is 13.1 Å². The number of rotatable bonds is 5. The Morgan fingerprint density at radius 3 is 2.54 bits per heavy atom. The van der Waals surface area contributed by atoms with Gasteiger partial charge in [0.2, 0.25) is 11.8 Å². The van der Waals surface area contributed by atoms with E-state index in [0.717, 1.165) is 19.4 Å². The lowest BCUT2D eigenvalue weighted by molar-refractivity contribution is -0.138. The zero-order valence-corrected chi connectivity index (χ0v) is 15.8. The van der Waals surface area contributed by atoms with Crippen LogP contribution in [0.2, 0.25) is 10.0 Å². The molecule has 0 bridgehead atoms. The van der Waals surface area contributed by atoms with E-state index >= 15 is 0 Å². The van der Waals surface area contributed by atoms with Crippen molar-refractivity contribution >= 4 is 53.1 Å². The third-order valence-corrected chi connectivity index (χ3v) is 4.53. The lowest BCUT2D eigenvalue weighted by Gasteiger charge is -2.28. The molecule has 0 saturated carbocycles. The number of halogens is 3. The third-order valence-electron chi connectivity index (χ3n) is 3.90. The Bertz CT molecular complexity index is 557. The molecule has 134 valence electrons. The van der Waals surface area contributed by atoms with Gasteiger partial charge in [-0.15, -0.1) is 12.4 Å². The van der Waals surface area contributed by atoms with Crippen LogP contribution in [-0.4, -0.2) is 42.9 Å². The Balaban J connectivity index is 0.00000288. The van der Waals surface area contributed by atoms with Crippen molar-refractivity contribution in [3.8, 4) is 0 Å². The lowest BCUT2D eigenvalue weighted by Crippen LogP contribution is -2.45. The number of carbonyl (C=O) groups is 2. The zero-order valence-electron chi connectivity index (χ0n) is 13.5. The Labute approximate surface area is 158 Å². The van der Waals surface area contributed by atoms with E-state index in [1.165, 1.54) is 0 Å². The number of carbonyl (C=O) groups excluding carboxylic acids is 2. The number of hydrogen-bond donors (Lipinski definition) is 2. The molecule has 5 nitrogen and oxygen atoms in total. The van der Waals surface area contributed by atoms with Gasteiger partial charge < -0.3 is 15.5 Å². The molecule has 1 unspecified atom stereocenters. The quantitative estimate of drug-likeness (QED) is 0.806. The normalized spacial score (nSPS) is 16.9. The number of nitrogens with zero attached hydrogens (tertiary/aromatic N) is 1. The fraction of sp³-hybridized carbons (Fsp3) is 0.500. The van der Waals surface area contributed by atoms with E-state index in [1.807, 2.05) is 6.92 Å². The fourth-order valence-corrected chi connectivity index (χ4v) is 3.13. The summed E-state index contributed by atoms with van der Waals surface area (Å²) in [5.74, 6) is -0.348. The van der Waals surface area contributed by atoms with E-state index < -0.39 is 0 Å². The molecule has 2 rings (SSSR count). The van der Waals surface area contributed by atoms with E-state index in [1.54, 1.807) is 23.1 Å². The molecule has 0 spiro atoms. The first-order valence-electron chi connectivity index (χ1n) is 7.76. The molecular formula is C16H22Cl3N3O2. The van der Waals surface area contributed by atoms with Gasteiger partial charge in [-0.25, -0.2) is 0 Å². The largest absolute Gasteiger partial charge is 0.333 e. The number of para-hydroxylation sites is 1. The van der Waals surface area contributed by atoms with Gasteiger partial charge >= 0.3 is 0 Å². The second-order valence-corrected chi connectivity index (χ2v) is 6.35. The Kier molecular flexibility index (Phi) is 8.84. The van der Waals surface area contributed by atoms with Gasteiger partial charge in [0.15, 0.2) is 0 Å². The minimum atomic E-state index is -0.307. The highest BCUT2D eigenvalue weighted by molar-refractivity contribution is 6.39. The first kappa shape index (κ1) is 21.0. The van der Waals surface area contributed by atoms with Crippen LogP contribution in [-0.2, 0) is 9.59 Å². The molecule has 24 heavy (non-hydrogen) atoms. The molecule has 8 heteroatoms. The monoisotopic (exact) mass is 393 g/mol. The van der Waals surface area contributed by atoms with Crippen molar-refractivity contribution < 1.29 is 9.59 Å². The number of piperidine rings is 1. The van der Waals surface area contributed by atoms with Gasteiger partial charge in [-0.2, -0.15) is 0 Å². The number of benzene rings is 1. The fourth-order valence-electron chi connectivity index (χ4n) is 2.64. The van der Waals surface area contributed by atoms with E-state index in [-0.39, 0.29) is 36.7 Å². The molecule has 1 aliphatic rings. The van der Waals surface area contributed by atoms with E-state index in [9.17, 15) is 9.59 Å². The van der Waals surface area contributed by atoms with Crippen molar-refractivity contribution in [2.45, 2.75) is 19.8 Å². The van der Waals surface area contributed by atoms with Crippen molar-refractivity contribution in [2.24, 2.45) is 5.92 Å². The van der Waals surface area contributed by atoms with Crippen LogP contribution in [0.4, 0.5) is 5.69 Å². The van der Waals surface area contributed by atoms with Crippen molar-refractivity contribution in [2.75, 3.05) is 31.5 Å². The van der Waals surface area contributed by atoms with Crippen LogP contribution in [0, 0.1) is 5.92 Å². The van der Waals surface area contributed by atoms with Crippen LogP contribution in [0.25, 0.3) is 0 Å². The van der Waals surface area contributed by atoms with Gasteiger partial charge in [-0.3, -0.25) is 9.59 Å². The topological polar surface area (TPSA) is 61.4 Å². The average Bonchev–Trinajstić information content (AvgIpc) is 2.56. The highest BCUT2D eigenvalue weighted by Crippen LogP contribution is 2.29. The van der Waals surface area contributed by atoms with Crippen molar-refractivity contribution in [3.05, 3.63) is 28.2 Å².